The van der Waals surface area contributed by atoms with E-state index in [4.69, 9.17) is 9.47 Å². The number of amides is 1. The van der Waals surface area contributed by atoms with Crippen LogP contribution in [-0.2, 0) is 14.3 Å². The minimum absolute atomic E-state index is 0.267. The van der Waals surface area contributed by atoms with Crippen molar-refractivity contribution in [1.29, 1.82) is 0 Å². The Morgan fingerprint density at radius 2 is 0.703 bits per heavy atom. The minimum Gasteiger partial charge on any atom is -0.394 e. The monoisotopic (exact) mass is 1060 g/mol. The highest BCUT2D eigenvalue weighted by Gasteiger charge is 2.44. The number of aliphatic hydroxyl groups is 7. The number of carbonyl (C=O) groups is 1. The molecule has 0 aromatic heterocycles. The van der Waals surface area contributed by atoms with Gasteiger partial charge in [0.1, 0.15) is 36.6 Å². The lowest BCUT2D eigenvalue weighted by Gasteiger charge is -2.40. The fraction of sp³-hybridized carbons (Fsp3) is 0.984. The van der Waals surface area contributed by atoms with E-state index < -0.39 is 74.2 Å². The van der Waals surface area contributed by atoms with E-state index >= 15 is 0 Å². The number of unbranched alkanes of at least 4 members (excludes halogenated alkanes) is 45. The van der Waals surface area contributed by atoms with Gasteiger partial charge in [0.05, 0.1) is 25.4 Å². The average molecular weight is 1060 g/mol. The van der Waals surface area contributed by atoms with Crippen molar-refractivity contribution in [2.24, 2.45) is 0 Å². The molecule has 0 bridgehead atoms. The molecular formula is C63H125NO10. The van der Waals surface area contributed by atoms with Gasteiger partial charge in [0.15, 0.2) is 6.29 Å². The molecule has 11 heteroatoms. The van der Waals surface area contributed by atoms with Crippen LogP contribution in [0.4, 0.5) is 0 Å². The summed E-state index contributed by atoms with van der Waals surface area (Å²) >= 11 is 0. The van der Waals surface area contributed by atoms with E-state index in [2.05, 4.69) is 19.2 Å². The third kappa shape index (κ3) is 40.3. The van der Waals surface area contributed by atoms with Gasteiger partial charge in [-0.2, -0.15) is 0 Å². The molecule has 0 aromatic carbocycles. The lowest BCUT2D eigenvalue weighted by atomic mass is 9.98. The highest BCUT2D eigenvalue weighted by Crippen LogP contribution is 2.24. The van der Waals surface area contributed by atoms with E-state index in [9.17, 15) is 40.5 Å². The van der Waals surface area contributed by atoms with Crippen molar-refractivity contribution in [2.75, 3.05) is 13.2 Å². The van der Waals surface area contributed by atoms with Gasteiger partial charge >= 0.3 is 0 Å². The number of aliphatic hydroxyl groups excluding tert-OH is 7. The molecule has 1 rings (SSSR count). The number of carbonyl (C=O) groups excluding carboxylic acids is 1. The van der Waals surface area contributed by atoms with Crippen LogP contribution in [0.3, 0.4) is 0 Å². The first-order chi connectivity index (χ1) is 36.2. The summed E-state index contributed by atoms with van der Waals surface area (Å²) in [7, 11) is 0. The van der Waals surface area contributed by atoms with Crippen LogP contribution in [-0.4, -0.2) is 110 Å². The zero-order chi connectivity index (χ0) is 54.0. The highest BCUT2D eigenvalue weighted by atomic mass is 16.7. The van der Waals surface area contributed by atoms with Crippen LogP contribution in [0.1, 0.15) is 328 Å². The van der Waals surface area contributed by atoms with Gasteiger partial charge < -0.3 is 50.5 Å². The molecule has 0 aliphatic carbocycles. The Morgan fingerprint density at radius 1 is 0.419 bits per heavy atom. The maximum atomic E-state index is 13.2. The molecule has 0 radical (unpaired) electrons. The largest absolute Gasteiger partial charge is 0.394 e. The van der Waals surface area contributed by atoms with Crippen LogP contribution < -0.4 is 5.32 Å². The van der Waals surface area contributed by atoms with E-state index in [1.54, 1.807) is 0 Å². The Kier molecular flexibility index (Phi) is 50.7. The molecular weight excluding hydrogens is 931 g/mol. The Labute approximate surface area is 456 Å². The van der Waals surface area contributed by atoms with Crippen molar-refractivity contribution in [3.63, 3.8) is 0 Å². The van der Waals surface area contributed by atoms with Crippen molar-refractivity contribution in [1.82, 2.24) is 5.32 Å². The summed E-state index contributed by atoms with van der Waals surface area (Å²) in [5.74, 6) is -0.689. The second-order valence-corrected chi connectivity index (χ2v) is 23.2. The van der Waals surface area contributed by atoms with E-state index in [0.29, 0.717) is 19.3 Å². The lowest BCUT2D eigenvalue weighted by Crippen LogP contribution is -2.60. The summed E-state index contributed by atoms with van der Waals surface area (Å²) < 4.78 is 11.2. The van der Waals surface area contributed by atoms with Crippen LogP contribution in [0, 0.1) is 0 Å². The smallest absolute Gasteiger partial charge is 0.249 e. The lowest BCUT2D eigenvalue weighted by molar-refractivity contribution is -0.303. The summed E-state index contributed by atoms with van der Waals surface area (Å²) in [6.45, 7) is 3.50. The number of rotatable bonds is 57. The molecule has 74 heavy (non-hydrogen) atoms. The topological polar surface area (TPSA) is 189 Å². The summed E-state index contributed by atoms with van der Waals surface area (Å²) in [5, 5.41) is 76.2. The fourth-order valence-corrected chi connectivity index (χ4v) is 10.9. The van der Waals surface area contributed by atoms with Crippen molar-refractivity contribution >= 4 is 5.91 Å². The van der Waals surface area contributed by atoms with Gasteiger partial charge in [0.2, 0.25) is 5.91 Å². The molecule has 1 amide bonds. The zero-order valence-corrected chi connectivity index (χ0v) is 48.6. The molecule has 0 spiro atoms. The Balaban J connectivity index is 2.16. The molecule has 1 aliphatic rings. The van der Waals surface area contributed by atoms with E-state index in [-0.39, 0.29) is 6.42 Å². The normalized spacial score (nSPS) is 19.7. The van der Waals surface area contributed by atoms with Crippen molar-refractivity contribution in [3.05, 3.63) is 0 Å². The van der Waals surface area contributed by atoms with Crippen molar-refractivity contribution < 1.29 is 50.0 Å². The maximum absolute atomic E-state index is 13.2. The summed E-state index contributed by atoms with van der Waals surface area (Å²) in [5.41, 5.74) is 0. The van der Waals surface area contributed by atoms with E-state index in [0.717, 1.165) is 38.5 Å². The minimum atomic E-state index is -1.66. The Morgan fingerprint density at radius 3 is 1.00 bits per heavy atom. The van der Waals surface area contributed by atoms with Gasteiger partial charge in [-0.25, -0.2) is 0 Å². The SMILES string of the molecule is CCCCCCCCCCCCCCCCCCCCCCCCCCCCCCCCCCC(O)C(=O)NC(COC1OC(CO)C(O)C(O)C1O)C(O)C(O)CCCCCCCCCCCCCCCCC. The predicted octanol–water partition coefficient (Wildman–Crippen LogP) is 14.5. The van der Waals surface area contributed by atoms with Crippen LogP contribution in [0.25, 0.3) is 0 Å². The van der Waals surface area contributed by atoms with Crippen LogP contribution >= 0.6 is 0 Å². The van der Waals surface area contributed by atoms with Gasteiger partial charge in [-0.15, -0.1) is 0 Å². The predicted molar refractivity (Wildman–Crippen MR) is 307 cm³/mol. The molecule has 9 unspecified atom stereocenters. The van der Waals surface area contributed by atoms with Gasteiger partial charge in [0.25, 0.3) is 0 Å². The van der Waals surface area contributed by atoms with Gasteiger partial charge in [-0.05, 0) is 12.8 Å². The Hall–Kier alpha value is -0.890. The highest BCUT2D eigenvalue weighted by molar-refractivity contribution is 5.80. The number of hydrogen-bond acceptors (Lipinski definition) is 10. The maximum Gasteiger partial charge on any atom is 0.249 e. The van der Waals surface area contributed by atoms with E-state index in [1.807, 2.05) is 0 Å². The molecule has 442 valence electrons. The third-order valence-corrected chi connectivity index (χ3v) is 16.2. The quantitative estimate of drug-likeness (QED) is 0.0272. The molecule has 1 saturated heterocycles. The second-order valence-electron chi connectivity index (χ2n) is 23.2. The first-order valence-electron chi connectivity index (χ1n) is 32.4. The van der Waals surface area contributed by atoms with Crippen LogP contribution in [0.5, 0.6) is 0 Å². The van der Waals surface area contributed by atoms with Crippen LogP contribution in [0.15, 0.2) is 0 Å². The summed E-state index contributed by atoms with van der Waals surface area (Å²) in [6.07, 6.45) is 50.4. The van der Waals surface area contributed by atoms with Gasteiger partial charge in [-0.1, -0.05) is 316 Å². The molecule has 9 atom stereocenters. The average Bonchev–Trinajstić information content (AvgIpc) is 3.40. The molecule has 0 saturated carbocycles. The standard InChI is InChI=1S/C63H125NO10/c1-3-5-7-9-11-13-15-17-19-20-21-22-23-24-25-26-27-28-29-30-31-32-33-34-35-37-39-41-43-45-47-49-51-56(67)62(72)64-54(53-73-63-61(71)60(70)59(69)57(52-65)74-63)58(68)55(66)50-48-46-44-42-40-38-36-18-16-14-12-10-8-6-4-2/h54-61,63,65-71H,3-53H2,1-2H3,(H,64,72). The zero-order valence-electron chi connectivity index (χ0n) is 48.6. The van der Waals surface area contributed by atoms with Crippen molar-refractivity contribution in [3.8, 4) is 0 Å². The molecule has 8 N–H and O–H groups in total. The fourth-order valence-electron chi connectivity index (χ4n) is 10.9. The van der Waals surface area contributed by atoms with Gasteiger partial charge in [0, 0.05) is 0 Å². The third-order valence-electron chi connectivity index (χ3n) is 16.2. The Bertz CT molecular complexity index is 1160. The van der Waals surface area contributed by atoms with E-state index in [1.165, 1.54) is 250 Å². The summed E-state index contributed by atoms with van der Waals surface area (Å²) in [6, 6.07) is -1.16. The van der Waals surface area contributed by atoms with Crippen molar-refractivity contribution in [2.45, 2.75) is 384 Å². The molecule has 11 nitrogen and oxygen atoms in total. The number of nitrogens with one attached hydrogen (secondary N) is 1. The van der Waals surface area contributed by atoms with Gasteiger partial charge in [-0.3, -0.25) is 4.79 Å². The number of hydrogen-bond donors (Lipinski definition) is 8. The molecule has 1 fully saturated rings. The van der Waals surface area contributed by atoms with Crippen LogP contribution in [0.2, 0.25) is 0 Å². The molecule has 1 heterocycles. The second kappa shape index (κ2) is 52.8. The first kappa shape index (κ1) is 71.1. The first-order valence-corrected chi connectivity index (χ1v) is 32.4. The molecule has 0 aromatic rings. The number of ether oxygens (including phenoxy) is 2. The summed E-state index contributed by atoms with van der Waals surface area (Å²) in [4.78, 5) is 13.2. The molecule has 1 aliphatic heterocycles.